The van der Waals surface area contributed by atoms with Gasteiger partial charge >= 0.3 is 0 Å². The topological polar surface area (TPSA) is 9.72 Å². The summed E-state index contributed by atoms with van der Waals surface area (Å²) in [5.74, 6) is 0.962. The molecule has 0 aromatic carbocycles. The van der Waals surface area contributed by atoms with Crippen LogP contribution < -0.4 is 0 Å². The molecule has 0 amide bonds. The molecule has 4 heteroatoms. The summed E-state index contributed by atoms with van der Waals surface area (Å²) in [6.07, 6.45) is 2.83. The lowest BCUT2D eigenvalue weighted by atomic mass is 9.96. The highest BCUT2D eigenvalue weighted by Crippen LogP contribution is 2.19. The maximum absolute atomic E-state index is 2.67. The van der Waals surface area contributed by atoms with Crippen molar-refractivity contribution < 1.29 is 0 Å². The Morgan fingerprint density at radius 3 is 2.12 bits per heavy atom. The Bertz CT molecular complexity index is 196. The molecule has 0 saturated carbocycles. The third-order valence-corrected chi connectivity index (χ3v) is 4.95. The minimum absolute atomic E-state index is 0.962. The van der Waals surface area contributed by atoms with Crippen LogP contribution in [0, 0.1) is 5.92 Å². The summed E-state index contributed by atoms with van der Waals surface area (Å²) >= 11 is 2.45. The third-order valence-electron chi connectivity index (χ3n) is 3.99. The van der Waals surface area contributed by atoms with Gasteiger partial charge in [0.1, 0.15) is 0 Å². The van der Waals surface area contributed by atoms with Gasteiger partial charge in [-0.1, -0.05) is 6.92 Å². The van der Waals surface area contributed by atoms with Crippen molar-refractivity contribution in [2.45, 2.75) is 19.8 Å². The lowest BCUT2D eigenvalue weighted by molar-refractivity contribution is 0.129. The molecule has 2 aliphatic heterocycles. The van der Waals surface area contributed by atoms with Crippen molar-refractivity contribution in [2.75, 3.05) is 52.4 Å². The molecular weight excluding hydrogens is 313 g/mol. The number of piperazine rings is 1. The van der Waals surface area contributed by atoms with Crippen LogP contribution in [-0.2, 0) is 0 Å². The molecule has 94 valence electrons. The Balaban J connectivity index is 1.66. The van der Waals surface area contributed by atoms with E-state index in [4.69, 9.17) is 0 Å². The van der Waals surface area contributed by atoms with Crippen molar-refractivity contribution in [3.63, 3.8) is 0 Å². The van der Waals surface area contributed by atoms with E-state index in [1.54, 1.807) is 0 Å². The maximum Gasteiger partial charge on any atom is 0.0209 e. The van der Waals surface area contributed by atoms with E-state index in [0.717, 1.165) is 5.92 Å². The van der Waals surface area contributed by atoms with Gasteiger partial charge in [-0.3, -0.25) is 0 Å². The quantitative estimate of drug-likeness (QED) is 0.573. The molecule has 0 aromatic heterocycles. The fourth-order valence-electron chi connectivity index (χ4n) is 2.76. The largest absolute Gasteiger partial charge is 0.304 e. The molecule has 2 aliphatic rings. The molecular formula is C12H24IN3. The molecule has 3 nitrogen and oxygen atoms in total. The number of halogens is 1. The smallest absolute Gasteiger partial charge is 0.0209 e. The first-order valence-electron chi connectivity index (χ1n) is 6.63. The molecule has 0 unspecified atom stereocenters. The summed E-state index contributed by atoms with van der Waals surface area (Å²) in [6.45, 7) is 12.6. The van der Waals surface area contributed by atoms with Crippen molar-refractivity contribution in [2.24, 2.45) is 5.92 Å². The fraction of sp³-hybridized carbons (Fsp3) is 1.00. The fourth-order valence-corrected chi connectivity index (χ4v) is 3.19. The van der Waals surface area contributed by atoms with E-state index in [1.165, 1.54) is 65.2 Å². The Hall–Kier alpha value is 0.610. The molecule has 0 N–H and O–H groups in total. The highest BCUT2D eigenvalue weighted by atomic mass is 127. The zero-order valence-electron chi connectivity index (χ0n) is 10.4. The lowest BCUT2D eigenvalue weighted by Gasteiger charge is -2.37. The van der Waals surface area contributed by atoms with Gasteiger partial charge in [-0.2, -0.15) is 0 Å². The predicted molar refractivity (Wildman–Crippen MR) is 76.9 cm³/mol. The summed E-state index contributed by atoms with van der Waals surface area (Å²) in [5, 5.41) is 0. The molecule has 0 aliphatic carbocycles. The lowest BCUT2D eigenvalue weighted by Crippen LogP contribution is -2.45. The van der Waals surface area contributed by atoms with Gasteiger partial charge < -0.3 is 9.80 Å². The van der Waals surface area contributed by atoms with Gasteiger partial charge in [0.05, 0.1) is 0 Å². The van der Waals surface area contributed by atoms with Gasteiger partial charge in [-0.15, -0.1) is 0 Å². The third kappa shape index (κ3) is 3.82. The first kappa shape index (κ1) is 13.1. The number of hydrogen-bond donors (Lipinski definition) is 0. The summed E-state index contributed by atoms with van der Waals surface area (Å²) in [4.78, 5) is 5.25. The molecule has 2 heterocycles. The van der Waals surface area contributed by atoms with Crippen LogP contribution in [0.5, 0.6) is 0 Å². The Morgan fingerprint density at radius 1 is 0.938 bits per heavy atom. The van der Waals surface area contributed by atoms with Gasteiger partial charge in [0, 0.05) is 55.6 Å². The van der Waals surface area contributed by atoms with Gasteiger partial charge in [0.2, 0.25) is 0 Å². The van der Waals surface area contributed by atoms with E-state index < -0.39 is 0 Å². The predicted octanol–water partition coefficient (Wildman–Crippen LogP) is 1.69. The molecule has 0 radical (unpaired) electrons. The first-order chi connectivity index (χ1) is 7.78. The Kier molecular flexibility index (Phi) is 5.32. The van der Waals surface area contributed by atoms with Gasteiger partial charge in [0.25, 0.3) is 0 Å². The van der Waals surface area contributed by atoms with Crippen molar-refractivity contribution in [1.82, 2.24) is 12.9 Å². The number of rotatable bonds is 3. The minimum atomic E-state index is 0.962. The van der Waals surface area contributed by atoms with Crippen molar-refractivity contribution in [1.29, 1.82) is 0 Å². The summed E-state index contributed by atoms with van der Waals surface area (Å²) in [6, 6.07) is 0. The Labute approximate surface area is 114 Å². The van der Waals surface area contributed by atoms with Crippen molar-refractivity contribution in [3.05, 3.63) is 0 Å². The highest BCUT2D eigenvalue weighted by Gasteiger charge is 2.22. The second-order valence-electron chi connectivity index (χ2n) is 5.09. The van der Waals surface area contributed by atoms with Crippen LogP contribution in [0.2, 0.25) is 0 Å². The van der Waals surface area contributed by atoms with E-state index in [0.29, 0.717) is 0 Å². The number of likely N-dealkylation sites (tertiary alicyclic amines) is 1. The number of hydrogen-bond acceptors (Lipinski definition) is 3. The van der Waals surface area contributed by atoms with Crippen LogP contribution in [0.4, 0.5) is 0 Å². The van der Waals surface area contributed by atoms with Crippen LogP contribution in [0.3, 0.4) is 0 Å². The SMILES string of the molecule is CCN1CCC(CN2CCN(I)CC2)CC1. The van der Waals surface area contributed by atoms with E-state index in [9.17, 15) is 0 Å². The van der Waals surface area contributed by atoms with Gasteiger partial charge in [0.15, 0.2) is 0 Å². The maximum atomic E-state index is 2.67. The highest BCUT2D eigenvalue weighted by molar-refractivity contribution is 14.1. The zero-order chi connectivity index (χ0) is 11.4. The Morgan fingerprint density at radius 2 is 1.56 bits per heavy atom. The normalized spacial score (nSPS) is 27.4. The van der Waals surface area contributed by atoms with Crippen LogP contribution in [0.1, 0.15) is 19.8 Å². The molecule has 16 heavy (non-hydrogen) atoms. The van der Waals surface area contributed by atoms with Crippen molar-refractivity contribution in [3.8, 4) is 0 Å². The molecule has 0 atom stereocenters. The second-order valence-corrected chi connectivity index (χ2v) is 6.45. The van der Waals surface area contributed by atoms with Crippen molar-refractivity contribution >= 4 is 22.9 Å². The zero-order valence-corrected chi connectivity index (χ0v) is 12.5. The number of nitrogens with zero attached hydrogens (tertiary/aromatic N) is 3. The summed E-state index contributed by atoms with van der Waals surface area (Å²) in [7, 11) is 0. The summed E-state index contributed by atoms with van der Waals surface area (Å²) in [5.41, 5.74) is 0. The van der Waals surface area contributed by atoms with E-state index in [2.05, 4.69) is 42.7 Å². The monoisotopic (exact) mass is 337 g/mol. The van der Waals surface area contributed by atoms with E-state index in [-0.39, 0.29) is 0 Å². The molecule has 2 fully saturated rings. The first-order valence-corrected chi connectivity index (χ1v) is 7.60. The molecule has 2 rings (SSSR count). The van der Waals surface area contributed by atoms with Gasteiger partial charge in [-0.25, -0.2) is 3.11 Å². The standard InChI is InChI=1S/C12H24IN3/c1-2-14-5-3-12(4-6-14)11-15-7-9-16(13)10-8-15/h12H,2-11H2,1H3. The van der Waals surface area contributed by atoms with Crippen LogP contribution >= 0.6 is 22.9 Å². The molecule has 2 saturated heterocycles. The molecule has 0 aromatic rings. The van der Waals surface area contributed by atoms with Crippen LogP contribution in [-0.4, -0.2) is 65.3 Å². The minimum Gasteiger partial charge on any atom is -0.304 e. The second kappa shape index (κ2) is 6.52. The molecule has 0 spiro atoms. The van der Waals surface area contributed by atoms with E-state index in [1.807, 2.05) is 0 Å². The summed E-state index contributed by atoms with van der Waals surface area (Å²) < 4.78 is 2.41. The van der Waals surface area contributed by atoms with Gasteiger partial charge in [-0.05, 0) is 38.4 Å². The average molecular weight is 337 g/mol. The average Bonchev–Trinajstić information content (AvgIpc) is 2.33. The van der Waals surface area contributed by atoms with Crippen LogP contribution in [0.15, 0.2) is 0 Å². The van der Waals surface area contributed by atoms with E-state index >= 15 is 0 Å². The molecule has 0 bridgehead atoms. The van der Waals surface area contributed by atoms with Crippen LogP contribution in [0.25, 0.3) is 0 Å². The number of piperidine rings is 1.